The lowest BCUT2D eigenvalue weighted by Crippen LogP contribution is -2.12. The van der Waals surface area contributed by atoms with Crippen LogP contribution in [-0.4, -0.2) is 37.6 Å². The number of halogens is 1. The SMILES string of the molecule is CC(C)c1ccc(-c2cnc3c(-c4ccc(S(N)(=O)=O)c5ccccc45)cnn3c2)cc1.CC(C)c1ccc(-c2cnc3c(Br)cnn3c2)cc1. The van der Waals surface area contributed by atoms with E-state index in [1.165, 1.54) is 11.1 Å². The molecule has 0 unspecified atom stereocenters. The lowest BCUT2D eigenvalue weighted by molar-refractivity contribution is 0.598. The van der Waals surface area contributed by atoms with Crippen LogP contribution in [0.15, 0.2) is 131 Å². The predicted octanol–water partition coefficient (Wildman–Crippen LogP) is 9.27. The van der Waals surface area contributed by atoms with E-state index in [2.05, 4.69) is 112 Å². The maximum Gasteiger partial charge on any atom is 0.238 e. The van der Waals surface area contributed by atoms with Gasteiger partial charge in [-0.25, -0.2) is 32.6 Å². The van der Waals surface area contributed by atoms with Gasteiger partial charge in [-0.1, -0.05) is 107 Å². The summed E-state index contributed by atoms with van der Waals surface area (Å²) in [6.07, 6.45) is 11.2. The van der Waals surface area contributed by atoms with E-state index in [4.69, 9.17) is 5.14 Å². The fourth-order valence-corrected chi connectivity index (χ4v) is 7.20. The highest BCUT2D eigenvalue weighted by molar-refractivity contribution is 9.10. The van der Waals surface area contributed by atoms with Crippen molar-refractivity contribution in [2.75, 3.05) is 0 Å². The number of nitrogens with zero attached hydrogens (tertiary/aromatic N) is 6. The van der Waals surface area contributed by atoms with Crippen molar-refractivity contribution in [3.05, 3.63) is 138 Å². The molecule has 2 N–H and O–H groups in total. The molecule has 0 aliphatic carbocycles. The number of sulfonamides is 1. The van der Waals surface area contributed by atoms with Crippen LogP contribution in [0.3, 0.4) is 0 Å². The average Bonchev–Trinajstić information content (AvgIpc) is 3.73. The lowest BCUT2D eigenvalue weighted by Gasteiger charge is -2.10. The Kier molecular flexibility index (Phi) is 9.28. The normalized spacial score (nSPS) is 11.8. The molecule has 8 aromatic rings. The minimum atomic E-state index is -3.84. The molecule has 0 saturated carbocycles. The molecule has 256 valence electrons. The Morgan fingerprint density at radius 3 is 1.65 bits per heavy atom. The number of hydrogen-bond acceptors (Lipinski definition) is 6. The molecule has 0 radical (unpaired) electrons. The Morgan fingerprint density at radius 1 is 0.588 bits per heavy atom. The third kappa shape index (κ3) is 6.92. The van der Waals surface area contributed by atoms with Crippen LogP contribution in [0.1, 0.15) is 50.7 Å². The second-order valence-electron chi connectivity index (χ2n) is 13.0. The monoisotopic (exact) mass is 757 g/mol. The van der Waals surface area contributed by atoms with Gasteiger partial charge in [0.15, 0.2) is 11.3 Å². The molecule has 4 aromatic carbocycles. The van der Waals surface area contributed by atoms with Gasteiger partial charge in [-0.2, -0.15) is 10.2 Å². The van der Waals surface area contributed by atoms with Crippen LogP contribution in [-0.2, 0) is 10.0 Å². The van der Waals surface area contributed by atoms with Crippen molar-refractivity contribution >= 4 is 48.0 Å². The summed E-state index contributed by atoms with van der Waals surface area (Å²) < 4.78 is 28.5. The molecule has 0 amide bonds. The van der Waals surface area contributed by atoms with E-state index in [0.717, 1.165) is 48.9 Å². The predicted molar refractivity (Wildman–Crippen MR) is 207 cm³/mol. The molecule has 0 aliphatic rings. The molecule has 0 aliphatic heterocycles. The fraction of sp³-hybridized carbons (Fsp3) is 0.150. The van der Waals surface area contributed by atoms with Crippen LogP contribution in [0.2, 0.25) is 0 Å². The van der Waals surface area contributed by atoms with Gasteiger partial charge in [0.05, 0.1) is 21.8 Å². The zero-order valence-electron chi connectivity index (χ0n) is 28.6. The number of nitrogens with two attached hydrogens (primary N) is 1. The molecule has 0 bridgehead atoms. The molecular weight excluding hydrogens is 722 g/mol. The van der Waals surface area contributed by atoms with Crippen LogP contribution in [0.4, 0.5) is 0 Å². The van der Waals surface area contributed by atoms with E-state index < -0.39 is 10.0 Å². The van der Waals surface area contributed by atoms with Gasteiger partial charge in [-0.05, 0) is 67.0 Å². The van der Waals surface area contributed by atoms with Crippen LogP contribution in [0.5, 0.6) is 0 Å². The number of benzene rings is 4. The van der Waals surface area contributed by atoms with Crippen molar-refractivity contribution < 1.29 is 8.42 Å². The van der Waals surface area contributed by atoms with E-state index in [1.54, 1.807) is 45.7 Å². The summed E-state index contributed by atoms with van der Waals surface area (Å²) in [5, 5.41) is 15.6. The average molecular weight is 759 g/mol. The van der Waals surface area contributed by atoms with E-state index in [1.807, 2.05) is 36.9 Å². The van der Waals surface area contributed by atoms with Gasteiger partial charge in [-0.3, -0.25) is 0 Å². The molecule has 4 aromatic heterocycles. The second-order valence-corrected chi connectivity index (χ2v) is 15.4. The Morgan fingerprint density at radius 2 is 1.10 bits per heavy atom. The lowest BCUT2D eigenvalue weighted by atomic mass is 9.99. The van der Waals surface area contributed by atoms with Gasteiger partial charge >= 0.3 is 0 Å². The molecule has 9 nitrogen and oxygen atoms in total. The van der Waals surface area contributed by atoms with Crippen LogP contribution in [0.25, 0.3) is 55.4 Å². The highest BCUT2D eigenvalue weighted by Gasteiger charge is 2.18. The maximum atomic E-state index is 12.0. The molecule has 4 heterocycles. The van der Waals surface area contributed by atoms with Crippen molar-refractivity contribution in [2.24, 2.45) is 5.14 Å². The molecule has 8 rings (SSSR count). The molecule has 0 fully saturated rings. The summed E-state index contributed by atoms with van der Waals surface area (Å²) in [4.78, 5) is 9.22. The van der Waals surface area contributed by atoms with Crippen LogP contribution >= 0.6 is 15.9 Å². The number of aromatic nitrogens is 6. The number of hydrogen-bond donors (Lipinski definition) is 1. The first-order chi connectivity index (χ1) is 24.5. The van der Waals surface area contributed by atoms with Gasteiger partial charge in [-0.15, -0.1) is 0 Å². The van der Waals surface area contributed by atoms with Crippen molar-refractivity contribution in [1.29, 1.82) is 0 Å². The summed E-state index contributed by atoms with van der Waals surface area (Å²) in [6, 6.07) is 27.7. The van der Waals surface area contributed by atoms with Gasteiger partial charge in [0.1, 0.15) is 0 Å². The smallest absolute Gasteiger partial charge is 0.236 e. The summed E-state index contributed by atoms with van der Waals surface area (Å²) in [6.45, 7) is 8.74. The first kappa shape index (κ1) is 34.2. The highest BCUT2D eigenvalue weighted by atomic mass is 79.9. The third-order valence-corrected chi connectivity index (χ3v) is 10.5. The summed E-state index contributed by atoms with van der Waals surface area (Å²) in [5.41, 5.74) is 10.1. The Hall–Kier alpha value is -5.23. The quantitative estimate of drug-likeness (QED) is 0.181. The van der Waals surface area contributed by atoms with Crippen molar-refractivity contribution in [3.63, 3.8) is 0 Å². The number of fused-ring (bicyclic) bond motifs is 3. The van der Waals surface area contributed by atoms with E-state index in [0.29, 0.717) is 22.9 Å². The van der Waals surface area contributed by atoms with E-state index in [-0.39, 0.29) is 4.90 Å². The van der Waals surface area contributed by atoms with Gasteiger partial charge < -0.3 is 0 Å². The second kappa shape index (κ2) is 13.8. The molecule has 0 saturated heterocycles. The van der Waals surface area contributed by atoms with Gasteiger partial charge in [0, 0.05) is 46.9 Å². The Balaban J connectivity index is 0.000000182. The van der Waals surface area contributed by atoms with Gasteiger partial charge in [0.25, 0.3) is 0 Å². The minimum Gasteiger partial charge on any atom is -0.236 e. The molecule has 11 heteroatoms. The molecule has 0 atom stereocenters. The largest absolute Gasteiger partial charge is 0.238 e. The topological polar surface area (TPSA) is 121 Å². The molecule has 0 spiro atoms. The fourth-order valence-electron chi connectivity index (χ4n) is 6.08. The standard InChI is InChI=1S/C25H22N4O2S.C15H14BrN3/c1-16(2)17-7-9-18(10-8-17)19-13-27-25-23(14-28-29(25)15-19)21-11-12-24(32(26,30)31)22-6-4-3-5-20(21)22;1-10(2)11-3-5-12(6-4-11)13-7-17-15-14(16)8-18-19(15)9-13/h3-16H,1-2H3,(H2,26,30,31);3-10H,1-2H3. The van der Waals surface area contributed by atoms with E-state index in [9.17, 15) is 8.42 Å². The summed E-state index contributed by atoms with van der Waals surface area (Å²) >= 11 is 3.43. The third-order valence-electron chi connectivity index (χ3n) is 8.97. The highest BCUT2D eigenvalue weighted by Crippen LogP contribution is 2.34. The van der Waals surface area contributed by atoms with Crippen LogP contribution < -0.4 is 5.14 Å². The first-order valence-electron chi connectivity index (χ1n) is 16.6. The van der Waals surface area contributed by atoms with Crippen molar-refractivity contribution in [1.82, 2.24) is 29.2 Å². The Bertz CT molecular complexity index is 2630. The summed E-state index contributed by atoms with van der Waals surface area (Å²) in [7, 11) is -3.84. The Labute approximate surface area is 305 Å². The maximum absolute atomic E-state index is 12.0. The minimum absolute atomic E-state index is 0.105. The zero-order chi connectivity index (χ0) is 35.9. The van der Waals surface area contributed by atoms with Crippen LogP contribution in [0, 0.1) is 0 Å². The van der Waals surface area contributed by atoms with Crippen molar-refractivity contribution in [3.8, 4) is 33.4 Å². The van der Waals surface area contributed by atoms with Gasteiger partial charge in [0.2, 0.25) is 10.0 Å². The first-order valence-corrected chi connectivity index (χ1v) is 18.9. The molecular formula is C40H36BrN7O2S. The van der Waals surface area contributed by atoms with E-state index >= 15 is 0 Å². The number of rotatable bonds is 6. The van der Waals surface area contributed by atoms with Crippen molar-refractivity contribution in [2.45, 2.75) is 44.4 Å². The summed E-state index contributed by atoms with van der Waals surface area (Å²) in [5.74, 6) is 1.03. The zero-order valence-corrected chi connectivity index (χ0v) is 31.0. The number of primary sulfonamides is 1. The molecule has 51 heavy (non-hydrogen) atoms.